The highest BCUT2D eigenvalue weighted by atomic mass is 32.1. The Morgan fingerprint density at radius 2 is 2.19 bits per heavy atom. The van der Waals surface area contributed by atoms with Crippen LogP contribution in [0, 0.1) is 13.8 Å². The van der Waals surface area contributed by atoms with Gasteiger partial charge < -0.3 is 20.5 Å². The molecule has 2 atom stereocenters. The van der Waals surface area contributed by atoms with Crippen molar-refractivity contribution in [1.82, 2.24) is 20.3 Å². The molecular formula is C17H23N5O3S. The minimum absolute atomic E-state index is 0.0979. The average molecular weight is 377 g/mol. The summed E-state index contributed by atoms with van der Waals surface area (Å²) < 4.78 is 11.5. The lowest BCUT2D eigenvalue weighted by molar-refractivity contribution is -0.126. The van der Waals surface area contributed by atoms with Crippen molar-refractivity contribution >= 4 is 23.2 Å². The van der Waals surface area contributed by atoms with Gasteiger partial charge in [0.1, 0.15) is 0 Å². The van der Waals surface area contributed by atoms with Crippen LogP contribution in [0.1, 0.15) is 29.1 Å². The summed E-state index contributed by atoms with van der Waals surface area (Å²) in [5, 5.41) is 4.98. The molecule has 1 fully saturated rings. The number of nitrogen functional groups attached to an aromatic ring is 1. The normalized spacial score (nSPS) is 20.1. The highest BCUT2D eigenvalue weighted by molar-refractivity contribution is 7.07. The fourth-order valence-corrected chi connectivity index (χ4v) is 3.54. The Labute approximate surface area is 156 Å². The first kappa shape index (κ1) is 18.7. The summed E-state index contributed by atoms with van der Waals surface area (Å²) in [5.74, 6) is 0.114. The third-order valence-electron chi connectivity index (χ3n) is 4.34. The number of aryl methyl sites for hydroxylation is 2. The topological polar surface area (TPSA) is 112 Å². The second kappa shape index (κ2) is 8.52. The van der Waals surface area contributed by atoms with Gasteiger partial charge in [-0.25, -0.2) is 15.0 Å². The second-order valence-electron chi connectivity index (χ2n) is 6.27. The van der Waals surface area contributed by atoms with Crippen LogP contribution in [0.15, 0.2) is 10.9 Å². The van der Waals surface area contributed by atoms with Crippen molar-refractivity contribution in [3.63, 3.8) is 0 Å². The van der Waals surface area contributed by atoms with E-state index in [2.05, 4.69) is 20.3 Å². The molecule has 2 aromatic rings. The van der Waals surface area contributed by atoms with E-state index in [9.17, 15) is 4.79 Å². The molecule has 140 valence electrons. The minimum atomic E-state index is -0.190. The monoisotopic (exact) mass is 377 g/mol. The van der Waals surface area contributed by atoms with Gasteiger partial charge in [-0.15, -0.1) is 11.3 Å². The van der Waals surface area contributed by atoms with Gasteiger partial charge in [0.25, 0.3) is 0 Å². The van der Waals surface area contributed by atoms with Gasteiger partial charge in [-0.3, -0.25) is 4.79 Å². The number of rotatable bonds is 6. The van der Waals surface area contributed by atoms with Gasteiger partial charge in [0.2, 0.25) is 11.9 Å². The van der Waals surface area contributed by atoms with Crippen molar-refractivity contribution in [2.45, 2.75) is 45.4 Å². The molecule has 0 saturated carbocycles. The third kappa shape index (κ3) is 4.75. The number of carbonyl (C=O) groups is 1. The Kier molecular flexibility index (Phi) is 6.12. The van der Waals surface area contributed by atoms with Gasteiger partial charge in [0.05, 0.1) is 43.0 Å². The summed E-state index contributed by atoms with van der Waals surface area (Å²) in [6.45, 7) is 5.15. The predicted octanol–water partition coefficient (Wildman–Crippen LogP) is 1.17. The summed E-state index contributed by atoms with van der Waals surface area (Å²) in [4.78, 5) is 25.0. The zero-order valence-electron chi connectivity index (χ0n) is 14.9. The fourth-order valence-electron chi connectivity index (χ4n) is 2.99. The molecule has 2 aromatic heterocycles. The summed E-state index contributed by atoms with van der Waals surface area (Å²) in [6.07, 6.45) is 0.838. The van der Waals surface area contributed by atoms with E-state index in [1.807, 2.05) is 19.2 Å². The van der Waals surface area contributed by atoms with Crippen LogP contribution in [-0.2, 0) is 27.3 Å². The molecule has 0 unspecified atom stereocenters. The van der Waals surface area contributed by atoms with Gasteiger partial charge in [0.15, 0.2) is 0 Å². The molecule has 9 heteroatoms. The lowest BCUT2D eigenvalue weighted by Crippen LogP contribution is -2.51. The maximum absolute atomic E-state index is 12.5. The molecule has 0 bridgehead atoms. The number of hydrogen-bond acceptors (Lipinski definition) is 8. The van der Waals surface area contributed by atoms with Crippen LogP contribution in [-0.4, -0.2) is 46.2 Å². The molecule has 0 aliphatic carbocycles. The van der Waals surface area contributed by atoms with Crippen molar-refractivity contribution in [2.24, 2.45) is 0 Å². The van der Waals surface area contributed by atoms with Gasteiger partial charge in [-0.05, 0) is 20.3 Å². The van der Waals surface area contributed by atoms with E-state index in [1.54, 1.807) is 5.51 Å². The average Bonchev–Trinajstić information content (AvgIpc) is 3.11. The van der Waals surface area contributed by atoms with Crippen molar-refractivity contribution in [3.8, 4) is 0 Å². The van der Waals surface area contributed by atoms with Crippen molar-refractivity contribution in [3.05, 3.63) is 33.5 Å². The van der Waals surface area contributed by atoms with Gasteiger partial charge in [-0.1, -0.05) is 0 Å². The number of ether oxygens (including phenoxy) is 2. The zero-order valence-corrected chi connectivity index (χ0v) is 15.7. The summed E-state index contributed by atoms with van der Waals surface area (Å²) in [7, 11) is 0. The summed E-state index contributed by atoms with van der Waals surface area (Å²) >= 11 is 1.54. The van der Waals surface area contributed by atoms with E-state index in [-0.39, 0.29) is 30.4 Å². The van der Waals surface area contributed by atoms with Crippen LogP contribution in [0.5, 0.6) is 0 Å². The summed E-state index contributed by atoms with van der Waals surface area (Å²) in [5.41, 5.74) is 10.6. The van der Waals surface area contributed by atoms with E-state index in [4.69, 9.17) is 15.2 Å². The molecule has 0 spiro atoms. The van der Waals surface area contributed by atoms with Crippen LogP contribution in [0.2, 0.25) is 0 Å². The van der Waals surface area contributed by atoms with Crippen molar-refractivity contribution in [1.29, 1.82) is 0 Å². The Bertz CT molecular complexity index is 730. The Hall–Kier alpha value is -2.10. The van der Waals surface area contributed by atoms with E-state index in [1.165, 1.54) is 11.3 Å². The van der Waals surface area contributed by atoms with Crippen molar-refractivity contribution < 1.29 is 14.3 Å². The number of nitrogens with one attached hydrogen (secondary N) is 1. The molecular weight excluding hydrogens is 354 g/mol. The number of carbonyl (C=O) groups excluding carboxylic acids is 1. The predicted molar refractivity (Wildman–Crippen MR) is 97.7 cm³/mol. The molecule has 3 N–H and O–H groups in total. The first-order chi connectivity index (χ1) is 12.5. The first-order valence-electron chi connectivity index (χ1n) is 8.48. The lowest BCUT2D eigenvalue weighted by atomic mass is 10.0. The number of thiazole rings is 1. The molecule has 1 aliphatic heterocycles. The van der Waals surface area contributed by atoms with Gasteiger partial charge >= 0.3 is 0 Å². The number of aromatic nitrogens is 3. The van der Waals surface area contributed by atoms with Gasteiger partial charge in [0, 0.05) is 28.9 Å². The van der Waals surface area contributed by atoms with E-state index >= 15 is 0 Å². The molecule has 0 radical (unpaired) electrons. The molecule has 3 heterocycles. The highest BCUT2D eigenvalue weighted by Crippen LogP contribution is 2.16. The van der Waals surface area contributed by atoms with E-state index in [0.717, 1.165) is 29.1 Å². The molecule has 1 aliphatic rings. The smallest absolute Gasteiger partial charge is 0.224 e. The molecule has 0 aromatic carbocycles. The maximum Gasteiger partial charge on any atom is 0.224 e. The maximum atomic E-state index is 12.5. The van der Waals surface area contributed by atoms with E-state index in [0.29, 0.717) is 19.8 Å². The van der Waals surface area contributed by atoms with Crippen LogP contribution >= 0.6 is 11.3 Å². The molecule has 1 saturated heterocycles. The van der Waals surface area contributed by atoms with Crippen LogP contribution in [0.25, 0.3) is 0 Å². The molecule has 1 amide bonds. The minimum Gasteiger partial charge on any atom is -0.379 e. The van der Waals surface area contributed by atoms with Gasteiger partial charge in [-0.2, -0.15) is 0 Å². The Morgan fingerprint density at radius 1 is 1.42 bits per heavy atom. The van der Waals surface area contributed by atoms with Crippen molar-refractivity contribution in [2.75, 3.05) is 18.9 Å². The molecule has 3 rings (SSSR count). The SMILES string of the molecule is Cc1nc(N)nc(C)c1CC(=O)N[C@@H]1COCC[C@@H]1OCc1cscn1. The van der Waals surface area contributed by atoms with Crippen LogP contribution in [0.3, 0.4) is 0 Å². The van der Waals surface area contributed by atoms with Crippen LogP contribution < -0.4 is 11.1 Å². The highest BCUT2D eigenvalue weighted by Gasteiger charge is 2.28. The fraction of sp³-hybridized carbons (Fsp3) is 0.529. The molecule has 8 nitrogen and oxygen atoms in total. The number of nitrogens with two attached hydrogens (primary N) is 1. The standard InChI is InChI=1S/C17H23N5O3S/c1-10-13(11(2)21-17(18)20-10)5-16(23)22-14-7-24-4-3-15(14)25-6-12-8-26-9-19-12/h8-9,14-15H,3-7H2,1-2H3,(H,22,23)(H2,18,20,21)/t14-,15+/m1/s1. The lowest BCUT2D eigenvalue weighted by Gasteiger charge is -2.32. The zero-order chi connectivity index (χ0) is 18.5. The number of nitrogens with zero attached hydrogens (tertiary/aromatic N) is 3. The van der Waals surface area contributed by atoms with E-state index < -0.39 is 0 Å². The second-order valence-corrected chi connectivity index (χ2v) is 6.99. The Morgan fingerprint density at radius 3 is 2.88 bits per heavy atom. The summed E-state index contributed by atoms with van der Waals surface area (Å²) in [6, 6.07) is -0.190. The molecule has 26 heavy (non-hydrogen) atoms. The quantitative estimate of drug-likeness (QED) is 0.777. The number of anilines is 1. The largest absolute Gasteiger partial charge is 0.379 e. The number of amides is 1. The number of hydrogen-bond donors (Lipinski definition) is 2. The first-order valence-corrected chi connectivity index (χ1v) is 9.42. The Balaban J connectivity index is 1.59. The van der Waals surface area contributed by atoms with Crippen LogP contribution in [0.4, 0.5) is 5.95 Å². The third-order valence-corrected chi connectivity index (χ3v) is 4.98.